The van der Waals surface area contributed by atoms with Crippen molar-refractivity contribution in [2.24, 2.45) is 0 Å². The third-order valence-electron chi connectivity index (χ3n) is 6.31. The molecule has 0 aliphatic heterocycles. The van der Waals surface area contributed by atoms with Gasteiger partial charge < -0.3 is 15.4 Å². The fraction of sp³-hybridized carbons (Fsp3) is 0.231. The molecule has 10 nitrogen and oxygen atoms in total. The summed E-state index contributed by atoms with van der Waals surface area (Å²) in [6.45, 7) is 0.0384. The van der Waals surface area contributed by atoms with Crippen molar-refractivity contribution >= 4 is 32.6 Å². The van der Waals surface area contributed by atoms with Gasteiger partial charge in [-0.1, -0.05) is 24.3 Å². The van der Waals surface area contributed by atoms with Crippen molar-refractivity contribution in [3.8, 4) is 17.0 Å². The maximum atomic E-state index is 13.2. The van der Waals surface area contributed by atoms with Gasteiger partial charge in [0, 0.05) is 30.7 Å². The van der Waals surface area contributed by atoms with Crippen molar-refractivity contribution < 1.29 is 22.7 Å². The molecule has 2 heterocycles. The van der Waals surface area contributed by atoms with Crippen LogP contribution >= 0.6 is 0 Å². The van der Waals surface area contributed by atoms with Crippen LogP contribution in [0.5, 0.6) is 5.88 Å². The van der Waals surface area contributed by atoms with Crippen molar-refractivity contribution in [1.82, 2.24) is 25.8 Å². The lowest BCUT2D eigenvalue weighted by molar-refractivity contribution is 0.0943. The molecule has 0 bridgehead atoms. The summed E-state index contributed by atoms with van der Waals surface area (Å²) in [7, 11) is -0.446. The molecule has 1 aliphatic carbocycles. The van der Waals surface area contributed by atoms with E-state index in [1.165, 1.54) is 14.2 Å². The van der Waals surface area contributed by atoms with Crippen LogP contribution in [0.25, 0.3) is 22.0 Å². The van der Waals surface area contributed by atoms with Crippen LogP contribution < -0.4 is 15.4 Å². The zero-order chi connectivity index (χ0) is 26.2. The molecule has 2 amide bonds. The van der Waals surface area contributed by atoms with E-state index in [0.717, 1.165) is 5.56 Å². The minimum Gasteiger partial charge on any atom is -0.480 e. The number of methoxy groups -OCH3 is 1. The van der Waals surface area contributed by atoms with Gasteiger partial charge in [0.15, 0.2) is 15.5 Å². The number of carbonyl (C=O) groups is 2. The van der Waals surface area contributed by atoms with Gasteiger partial charge in [-0.3, -0.25) is 14.7 Å². The number of sulfone groups is 1. The number of aromatic amines is 1. The first-order chi connectivity index (χ1) is 17.8. The predicted molar refractivity (Wildman–Crippen MR) is 137 cm³/mol. The molecule has 0 unspecified atom stereocenters. The second-order valence-electron chi connectivity index (χ2n) is 8.73. The van der Waals surface area contributed by atoms with Crippen LogP contribution in [-0.4, -0.2) is 54.8 Å². The fourth-order valence-corrected chi connectivity index (χ4v) is 6.07. The third kappa shape index (κ3) is 4.65. The van der Waals surface area contributed by atoms with Gasteiger partial charge >= 0.3 is 0 Å². The molecule has 0 atom stereocenters. The highest BCUT2D eigenvalue weighted by atomic mass is 32.2. The van der Waals surface area contributed by atoms with Crippen molar-refractivity contribution in [1.29, 1.82) is 0 Å². The summed E-state index contributed by atoms with van der Waals surface area (Å²) in [4.78, 5) is 29.7. The summed E-state index contributed by atoms with van der Waals surface area (Å²) in [6, 6.07) is 13.8. The number of nitrogens with one attached hydrogen (secondary N) is 3. The van der Waals surface area contributed by atoms with Gasteiger partial charge in [-0.15, -0.1) is 0 Å². The van der Waals surface area contributed by atoms with Crippen LogP contribution in [0.15, 0.2) is 59.6 Å². The van der Waals surface area contributed by atoms with E-state index in [2.05, 4.69) is 25.8 Å². The highest BCUT2D eigenvalue weighted by Crippen LogP contribution is 2.35. The molecule has 1 saturated carbocycles. The number of aromatic nitrogens is 3. The number of rotatable bonds is 8. The molecule has 1 fully saturated rings. The number of ether oxygens (including phenoxy) is 1. The van der Waals surface area contributed by atoms with Gasteiger partial charge in [-0.2, -0.15) is 5.10 Å². The normalized spacial score (nSPS) is 13.4. The molecule has 5 rings (SSSR count). The number of hydrogen-bond acceptors (Lipinski definition) is 7. The maximum Gasteiger partial charge on any atom is 0.272 e. The van der Waals surface area contributed by atoms with Gasteiger partial charge in [0.25, 0.3) is 11.8 Å². The third-order valence-corrected chi connectivity index (χ3v) is 8.67. The Morgan fingerprint density at radius 1 is 1.08 bits per heavy atom. The lowest BCUT2D eigenvalue weighted by atomic mass is 10.0. The van der Waals surface area contributed by atoms with Crippen LogP contribution in [0.4, 0.5) is 0 Å². The molecule has 4 aromatic rings. The number of H-pyrrole nitrogens is 1. The number of nitrogens with zero attached hydrogens (tertiary/aromatic N) is 2. The topological polar surface area (TPSA) is 143 Å². The standard InChI is InChI=1S/C26H25N5O5S/c1-27-25(33)23-19-10-7-15(12-21(19)30-31-23)17-11-20(26(36-2)29-14-17)24(32)28-13-16-5-3-4-6-22(16)37(34,35)18-8-9-18/h3-7,10-12,14,18H,8-9,13H2,1-2H3,(H,27,33)(H,28,32)(H,30,31). The van der Waals surface area contributed by atoms with E-state index < -0.39 is 15.7 Å². The number of pyridine rings is 1. The Bertz CT molecular complexity index is 1630. The number of fused-ring (bicyclic) bond motifs is 1. The number of benzene rings is 2. The Kier molecular flexibility index (Phi) is 6.38. The van der Waals surface area contributed by atoms with E-state index >= 15 is 0 Å². The SMILES string of the molecule is CNC(=O)c1n[nH]c2cc(-c3cnc(OC)c(C(=O)NCc4ccccc4S(=O)(=O)C4CC4)c3)ccc12. The summed E-state index contributed by atoms with van der Waals surface area (Å²) in [5.74, 6) is -0.602. The molecule has 3 N–H and O–H groups in total. The van der Waals surface area contributed by atoms with Crippen molar-refractivity contribution in [2.75, 3.05) is 14.2 Å². The Hall–Kier alpha value is -4.25. The largest absolute Gasteiger partial charge is 0.480 e. The van der Waals surface area contributed by atoms with Crippen LogP contribution in [0.3, 0.4) is 0 Å². The van der Waals surface area contributed by atoms with E-state index in [1.54, 1.807) is 42.6 Å². The highest BCUT2D eigenvalue weighted by Gasteiger charge is 2.37. The zero-order valence-corrected chi connectivity index (χ0v) is 21.1. The van der Waals surface area contributed by atoms with Gasteiger partial charge in [-0.25, -0.2) is 13.4 Å². The number of hydrogen-bond donors (Lipinski definition) is 3. The minimum atomic E-state index is -3.41. The fourth-order valence-electron chi connectivity index (χ4n) is 4.18. The quantitative estimate of drug-likeness (QED) is 0.325. The zero-order valence-electron chi connectivity index (χ0n) is 20.2. The molecule has 2 aromatic carbocycles. The Labute approximate surface area is 213 Å². The molecular formula is C26H25N5O5S. The maximum absolute atomic E-state index is 13.2. The smallest absolute Gasteiger partial charge is 0.272 e. The first-order valence-corrected chi connectivity index (χ1v) is 13.2. The van der Waals surface area contributed by atoms with Gasteiger partial charge in [-0.05, 0) is 48.2 Å². The van der Waals surface area contributed by atoms with Gasteiger partial charge in [0.2, 0.25) is 5.88 Å². The van der Waals surface area contributed by atoms with E-state index in [0.29, 0.717) is 40.6 Å². The summed E-state index contributed by atoms with van der Waals surface area (Å²) in [6.07, 6.45) is 2.91. The molecule has 0 spiro atoms. The van der Waals surface area contributed by atoms with Gasteiger partial charge in [0.1, 0.15) is 5.56 Å². The second kappa shape index (κ2) is 9.66. The molecule has 190 valence electrons. The lowest BCUT2D eigenvalue weighted by Gasteiger charge is -2.13. The minimum absolute atomic E-state index is 0.0384. The molecule has 2 aromatic heterocycles. The Morgan fingerprint density at radius 3 is 2.59 bits per heavy atom. The second-order valence-corrected chi connectivity index (χ2v) is 10.9. The lowest BCUT2D eigenvalue weighted by Crippen LogP contribution is -2.25. The van der Waals surface area contributed by atoms with Gasteiger partial charge in [0.05, 0.1) is 22.8 Å². The van der Waals surface area contributed by atoms with Crippen LogP contribution in [0, 0.1) is 0 Å². The molecule has 0 radical (unpaired) electrons. The van der Waals surface area contributed by atoms with E-state index in [4.69, 9.17) is 4.74 Å². The Balaban J connectivity index is 1.41. The highest BCUT2D eigenvalue weighted by molar-refractivity contribution is 7.92. The first kappa shape index (κ1) is 24.4. The molecule has 37 heavy (non-hydrogen) atoms. The average Bonchev–Trinajstić information content (AvgIpc) is 3.71. The van der Waals surface area contributed by atoms with E-state index in [9.17, 15) is 18.0 Å². The summed E-state index contributed by atoms with van der Waals surface area (Å²) in [5.41, 5.74) is 3.10. The van der Waals surface area contributed by atoms with Crippen molar-refractivity contribution in [3.63, 3.8) is 0 Å². The molecular weight excluding hydrogens is 494 g/mol. The summed E-state index contributed by atoms with van der Waals surface area (Å²) >= 11 is 0. The number of amides is 2. The van der Waals surface area contributed by atoms with E-state index in [-0.39, 0.29) is 34.0 Å². The van der Waals surface area contributed by atoms with Crippen LogP contribution in [-0.2, 0) is 16.4 Å². The number of carbonyl (C=O) groups excluding carboxylic acids is 2. The molecule has 0 saturated heterocycles. The molecule has 1 aliphatic rings. The van der Waals surface area contributed by atoms with Crippen LogP contribution in [0.2, 0.25) is 0 Å². The van der Waals surface area contributed by atoms with Crippen molar-refractivity contribution in [3.05, 3.63) is 71.5 Å². The van der Waals surface area contributed by atoms with Crippen molar-refractivity contribution in [2.45, 2.75) is 29.5 Å². The average molecular weight is 520 g/mol. The van der Waals surface area contributed by atoms with Crippen LogP contribution in [0.1, 0.15) is 39.3 Å². The predicted octanol–water partition coefficient (Wildman–Crippen LogP) is 2.86. The summed E-state index contributed by atoms with van der Waals surface area (Å²) in [5, 5.41) is 12.6. The monoisotopic (exact) mass is 519 g/mol. The Morgan fingerprint density at radius 2 is 1.86 bits per heavy atom. The molecule has 11 heteroatoms. The van der Waals surface area contributed by atoms with E-state index in [1.807, 2.05) is 12.1 Å². The first-order valence-electron chi connectivity index (χ1n) is 11.7. The summed E-state index contributed by atoms with van der Waals surface area (Å²) < 4.78 is 30.9.